The van der Waals surface area contributed by atoms with Gasteiger partial charge in [0, 0.05) is 12.2 Å². The van der Waals surface area contributed by atoms with Gasteiger partial charge in [0.05, 0.1) is 7.11 Å². The van der Waals surface area contributed by atoms with Crippen LogP contribution in [0.15, 0.2) is 12.1 Å². The van der Waals surface area contributed by atoms with Gasteiger partial charge in [0.15, 0.2) is 0 Å². The van der Waals surface area contributed by atoms with Gasteiger partial charge >= 0.3 is 0 Å². The second-order valence-electron chi connectivity index (χ2n) is 5.01. The van der Waals surface area contributed by atoms with E-state index in [2.05, 4.69) is 24.4 Å². The molecule has 1 fully saturated rings. The summed E-state index contributed by atoms with van der Waals surface area (Å²) in [6.45, 7) is 3.31. The van der Waals surface area contributed by atoms with Crippen LogP contribution in [0.1, 0.15) is 24.0 Å². The predicted molar refractivity (Wildman–Crippen MR) is 61.6 cm³/mol. The summed E-state index contributed by atoms with van der Waals surface area (Å²) < 4.78 is 5.32. The minimum atomic E-state index is 0.589. The van der Waals surface area contributed by atoms with Gasteiger partial charge in [-0.3, -0.25) is 0 Å². The molecular weight excluding hydrogens is 186 g/mol. The topological polar surface area (TPSA) is 21.3 Å². The van der Waals surface area contributed by atoms with Crippen LogP contribution in [0.5, 0.6) is 5.75 Å². The van der Waals surface area contributed by atoms with E-state index >= 15 is 0 Å². The van der Waals surface area contributed by atoms with Crippen LogP contribution in [0.2, 0.25) is 0 Å². The first kappa shape index (κ1) is 9.08. The zero-order chi connectivity index (χ0) is 10.5. The molecule has 1 aliphatic heterocycles. The highest BCUT2D eigenvalue weighted by Gasteiger charge is 2.45. The van der Waals surface area contributed by atoms with E-state index in [1.807, 2.05) is 0 Å². The predicted octanol–water partition coefficient (Wildman–Crippen LogP) is 2.75. The van der Waals surface area contributed by atoms with Crippen molar-refractivity contribution in [3.63, 3.8) is 0 Å². The molecule has 1 aromatic rings. The van der Waals surface area contributed by atoms with E-state index in [0.29, 0.717) is 5.41 Å². The average Bonchev–Trinajstić information content (AvgIpc) is 2.97. The Morgan fingerprint density at radius 2 is 2.13 bits per heavy atom. The summed E-state index contributed by atoms with van der Waals surface area (Å²) >= 11 is 0. The van der Waals surface area contributed by atoms with Crippen LogP contribution in [0.25, 0.3) is 0 Å². The molecule has 3 rings (SSSR count). The lowest BCUT2D eigenvalue weighted by molar-refractivity contribution is 0.412. The number of anilines is 1. The van der Waals surface area contributed by atoms with Crippen molar-refractivity contribution in [3.8, 4) is 5.75 Å². The van der Waals surface area contributed by atoms with Crippen molar-refractivity contribution >= 4 is 5.69 Å². The lowest BCUT2D eigenvalue weighted by Crippen LogP contribution is -2.24. The van der Waals surface area contributed by atoms with Gasteiger partial charge in [-0.1, -0.05) is 0 Å². The van der Waals surface area contributed by atoms with Gasteiger partial charge < -0.3 is 10.1 Å². The molecular formula is C13H17NO. The fourth-order valence-electron chi connectivity index (χ4n) is 2.61. The Labute approximate surface area is 90.6 Å². The summed E-state index contributed by atoms with van der Waals surface area (Å²) in [6, 6.07) is 4.30. The molecule has 2 heteroatoms. The van der Waals surface area contributed by atoms with Crippen molar-refractivity contribution in [2.75, 3.05) is 19.0 Å². The van der Waals surface area contributed by atoms with Crippen molar-refractivity contribution in [1.82, 2.24) is 0 Å². The van der Waals surface area contributed by atoms with Gasteiger partial charge in [0.2, 0.25) is 0 Å². The molecule has 2 nitrogen and oxygen atoms in total. The number of hydrogen-bond donors (Lipinski definition) is 1. The van der Waals surface area contributed by atoms with Crippen LogP contribution >= 0.6 is 0 Å². The maximum atomic E-state index is 5.32. The monoisotopic (exact) mass is 203 g/mol. The Bertz CT molecular complexity index is 407. The Hall–Kier alpha value is -1.18. The molecule has 0 aromatic heterocycles. The fourth-order valence-corrected chi connectivity index (χ4v) is 2.61. The highest BCUT2D eigenvalue weighted by atomic mass is 16.5. The summed E-state index contributed by atoms with van der Waals surface area (Å²) in [5.74, 6) is 0.991. The SMILES string of the molecule is COc1cc(C)c2c(c1)CC1(CC1)CN2. The van der Waals surface area contributed by atoms with E-state index in [1.54, 1.807) is 7.11 Å². The number of methoxy groups -OCH3 is 1. The van der Waals surface area contributed by atoms with E-state index in [1.165, 1.54) is 36.1 Å². The van der Waals surface area contributed by atoms with Crippen molar-refractivity contribution in [2.24, 2.45) is 5.41 Å². The highest BCUT2D eigenvalue weighted by Crippen LogP contribution is 2.52. The normalized spacial score (nSPS) is 20.7. The van der Waals surface area contributed by atoms with Gasteiger partial charge in [-0.2, -0.15) is 0 Å². The van der Waals surface area contributed by atoms with Crippen LogP contribution in [0, 0.1) is 12.3 Å². The van der Waals surface area contributed by atoms with Crippen molar-refractivity contribution in [1.29, 1.82) is 0 Å². The summed E-state index contributed by atoms with van der Waals surface area (Å²) in [5.41, 5.74) is 4.68. The number of ether oxygens (including phenoxy) is 1. The van der Waals surface area contributed by atoms with Gasteiger partial charge in [-0.05, 0) is 54.9 Å². The maximum absolute atomic E-state index is 5.32. The average molecular weight is 203 g/mol. The van der Waals surface area contributed by atoms with E-state index in [0.717, 1.165) is 12.3 Å². The molecule has 1 aromatic carbocycles. The molecule has 1 aliphatic carbocycles. The van der Waals surface area contributed by atoms with E-state index in [9.17, 15) is 0 Å². The lowest BCUT2D eigenvalue weighted by atomic mass is 9.89. The Morgan fingerprint density at radius 1 is 1.33 bits per heavy atom. The summed E-state index contributed by atoms with van der Waals surface area (Å²) in [5, 5.41) is 3.58. The number of fused-ring (bicyclic) bond motifs is 1. The second kappa shape index (κ2) is 2.91. The maximum Gasteiger partial charge on any atom is 0.119 e. The zero-order valence-corrected chi connectivity index (χ0v) is 9.39. The molecule has 0 radical (unpaired) electrons. The molecule has 0 unspecified atom stereocenters. The molecule has 0 atom stereocenters. The molecule has 1 saturated carbocycles. The molecule has 1 N–H and O–H groups in total. The molecule has 0 amide bonds. The Morgan fingerprint density at radius 3 is 2.80 bits per heavy atom. The molecule has 0 saturated heterocycles. The van der Waals surface area contributed by atoms with Crippen LogP contribution in [-0.4, -0.2) is 13.7 Å². The second-order valence-corrected chi connectivity index (χ2v) is 5.01. The van der Waals surface area contributed by atoms with E-state index < -0.39 is 0 Å². The Balaban J connectivity index is 2.03. The first-order chi connectivity index (χ1) is 7.22. The number of nitrogens with one attached hydrogen (secondary N) is 1. The summed E-state index contributed by atoms with van der Waals surface area (Å²) in [7, 11) is 1.74. The number of rotatable bonds is 1. The molecule has 1 spiro atoms. The van der Waals surface area contributed by atoms with Gasteiger partial charge in [-0.15, -0.1) is 0 Å². The van der Waals surface area contributed by atoms with Gasteiger partial charge in [-0.25, -0.2) is 0 Å². The van der Waals surface area contributed by atoms with E-state index in [4.69, 9.17) is 4.74 Å². The van der Waals surface area contributed by atoms with Crippen LogP contribution in [0.3, 0.4) is 0 Å². The van der Waals surface area contributed by atoms with Crippen LogP contribution < -0.4 is 10.1 Å². The molecule has 1 heterocycles. The third-order valence-corrected chi connectivity index (χ3v) is 3.79. The molecule has 80 valence electrons. The first-order valence-corrected chi connectivity index (χ1v) is 5.64. The Kier molecular flexibility index (Phi) is 1.76. The zero-order valence-electron chi connectivity index (χ0n) is 9.39. The quantitative estimate of drug-likeness (QED) is 0.757. The third kappa shape index (κ3) is 1.39. The lowest BCUT2D eigenvalue weighted by Gasteiger charge is -2.27. The largest absolute Gasteiger partial charge is 0.497 e. The van der Waals surface area contributed by atoms with Gasteiger partial charge in [0.1, 0.15) is 5.75 Å². The fraction of sp³-hybridized carbons (Fsp3) is 0.538. The smallest absolute Gasteiger partial charge is 0.119 e. The summed E-state index contributed by atoms with van der Waals surface area (Å²) in [4.78, 5) is 0. The number of aryl methyl sites for hydroxylation is 1. The summed E-state index contributed by atoms with van der Waals surface area (Å²) in [6.07, 6.45) is 4.00. The number of benzene rings is 1. The first-order valence-electron chi connectivity index (χ1n) is 5.64. The van der Waals surface area contributed by atoms with Crippen LogP contribution in [-0.2, 0) is 6.42 Å². The highest BCUT2D eigenvalue weighted by molar-refractivity contribution is 5.62. The molecule has 15 heavy (non-hydrogen) atoms. The molecule has 0 bridgehead atoms. The van der Waals surface area contributed by atoms with Crippen molar-refractivity contribution in [3.05, 3.63) is 23.3 Å². The molecule has 2 aliphatic rings. The van der Waals surface area contributed by atoms with Crippen LogP contribution in [0.4, 0.5) is 5.69 Å². The minimum absolute atomic E-state index is 0.589. The standard InChI is InChI=1S/C13H17NO/c1-9-5-11(15-2)6-10-7-13(3-4-13)8-14-12(9)10/h5-6,14H,3-4,7-8H2,1-2H3. The van der Waals surface area contributed by atoms with E-state index in [-0.39, 0.29) is 0 Å². The minimum Gasteiger partial charge on any atom is -0.497 e. The van der Waals surface area contributed by atoms with Crippen molar-refractivity contribution in [2.45, 2.75) is 26.2 Å². The number of hydrogen-bond acceptors (Lipinski definition) is 2. The van der Waals surface area contributed by atoms with Crippen molar-refractivity contribution < 1.29 is 4.74 Å². The van der Waals surface area contributed by atoms with Gasteiger partial charge in [0.25, 0.3) is 0 Å². The third-order valence-electron chi connectivity index (χ3n) is 3.79.